The molecule has 0 saturated heterocycles. The normalized spacial score (nSPS) is 7.82. The van der Waals surface area contributed by atoms with Crippen LogP contribution in [0.5, 0.6) is 5.75 Å². The van der Waals surface area contributed by atoms with E-state index < -0.39 is 0 Å². The molecule has 0 saturated carbocycles. The van der Waals surface area contributed by atoms with Crippen LogP contribution < -0.4 is 0 Å². The third-order valence-corrected chi connectivity index (χ3v) is 1.83. The molecule has 0 heterocycles. The van der Waals surface area contributed by atoms with Gasteiger partial charge in [-0.2, -0.15) is 0 Å². The maximum atomic E-state index is 9.16. The van der Waals surface area contributed by atoms with Crippen LogP contribution in [0.1, 0.15) is 5.56 Å². The number of phenols is 1. The Hall–Kier alpha value is 0.460. The first-order chi connectivity index (χ1) is 4.22. The predicted molar refractivity (Wildman–Crippen MR) is 51.3 cm³/mol. The van der Waals surface area contributed by atoms with Crippen molar-refractivity contribution in [2.24, 2.45) is 0 Å². The van der Waals surface area contributed by atoms with Crippen LogP contribution in [-0.4, -0.2) is 40.1 Å². The Balaban J connectivity index is 0. The summed E-state index contributed by atoms with van der Waals surface area (Å²) in [7, 11) is 0. The molecule has 0 aromatic heterocycles. The van der Waals surface area contributed by atoms with Crippen molar-refractivity contribution in [3.63, 3.8) is 0 Å². The standard InChI is InChI=1S/C7H7BrO.Na.H2O.H/c1-5-3-2-4-6(8)7(5)9;;;/h2-4,9H,1H3;;1H2;. The minimum atomic E-state index is 0. The van der Waals surface area contributed by atoms with Crippen LogP contribution in [0.2, 0.25) is 0 Å². The Labute approximate surface area is 96.4 Å². The van der Waals surface area contributed by atoms with E-state index in [4.69, 9.17) is 5.11 Å². The van der Waals surface area contributed by atoms with E-state index in [1.165, 1.54) is 0 Å². The number of aryl methyl sites for hydroxylation is 1. The van der Waals surface area contributed by atoms with E-state index in [2.05, 4.69) is 15.9 Å². The molecule has 2 nitrogen and oxygen atoms in total. The molecule has 0 aliphatic carbocycles. The first-order valence-electron chi connectivity index (χ1n) is 2.66. The van der Waals surface area contributed by atoms with Crippen molar-refractivity contribution in [1.82, 2.24) is 0 Å². The second kappa shape index (κ2) is 6.03. The van der Waals surface area contributed by atoms with Gasteiger partial charge in [0.15, 0.2) is 0 Å². The summed E-state index contributed by atoms with van der Waals surface area (Å²) in [5.41, 5.74) is 0.893. The number of benzene rings is 1. The van der Waals surface area contributed by atoms with E-state index in [0.717, 1.165) is 10.0 Å². The fourth-order valence-corrected chi connectivity index (χ4v) is 1.09. The SMILES string of the molecule is Cc1cccc(Br)c1O.O.[NaH]. The van der Waals surface area contributed by atoms with Gasteiger partial charge in [-0.25, -0.2) is 0 Å². The van der Waals surface area contributed by atoms with Crippen LogP contribution in [0.25, 0.3) is 0 Å². The molecule has 0 atom stereocenters. The van der Waals surface area contributed by atoms with Gasteiger partial charge in [-0.3, -0.25) is 0 Å². The van der Waals surface area contributed by atoms with E-state index in [1.807, 2.05) is 25.1 Å². The monoisotopic (exact) mass is 228 g/mol. The molecule has 1 rings (SSSR count). The van der Waals surface area contributed by atoms with Gasteiger partial charge in [-0.15, -0.1) is 0 Å². The first-order valence-corrected chi connectivity index (χ1v) is 3.45. The Kier molecular flexibility index (Phi) is 7.68. The molecule has 0 amide bonds. The zero-order valence-electron chi connectivity index (χ0n) is 5.56. The number of phenolic OH excluding ortho intramolecular Hbond substituents is 1. The molecule has 0 fully saturated rings. The van der Waals surface area contributed by atoms with Crippen molar-refractivity contribution < 1.29 is 10.6 Å². The zero-order chi connectivity index (χ0) is 6.85. The molecule has 0 radical (unpaired) electrons. The molecule has 1 aromatic carbocycles. The first kappa shape index (κ1) is 14.0. The summed E-state index contributed by atoms with van der Waals surface area (Å²) in [6.07, 6.45) is 0. The van der Waals surface area contributed by atoms with E-state index in [0.29, 0.717) is 5.75 Å². The van der Waals surface area contributed by atoms with Gasteiger partial charge in [-0.05, 0) is 34.5 Å². The molecular weight excluding hydrogens is 219 g/mol. The van der Waals surface area contributed by atoms with E-state index >= 15 is 0 Å². The Bertz CT molecular complexity index is 207. The van der Waals surface area contributed by atoms with Crippen LogP contribution in [0, 0.1) is 6.92 Å². The summed E-state index contributed by atoms with van der Waals surface area (Å²) >= 11 is 3.20. The van der Waals surface area contributed by atoms with Crippen molar-refractivity contribution in [2.75, 3.05) is 0 Å². The van der Waals surface area contributed by atoms with Crippen LogP contribution in [-0.2, 0) is 0 Å². The Morgan fingerprint density at radius 3 is 2.27 bits per heavy atom. The average molecular weight is 229 g/mol. The van der Waals surface area contributed by atoms with E-state index in [9.17, 15) is 0 Å². The summed E-state index contributed by atoms with van der Waals surface area (Å²) in [6.45, 7) is 1.86. The number of hydrogen-bond donors (Lipinski definition) is 1. The summed E-state index contributed by atoms with van der Waals surface area (Å²) < 4.78 is 0.752. The van der Waals surface area contributed by atoms with Gasteiger partial charge in [-0.1, -0.05) is 12.1 Å². The molecular formula is C7H10BrNaO2. The molecule has 0 aliphatic rings. The van der Waals surface area contributed by atoms with Gasteiger partial charge < -0.3 is 10.6 Å². The molecule has 1 aromatic rings. The van der Waals surface area contributed by atoms with Crippen LogP contribution in [0.3, 0.4) is 0 Å². The molecule has 4 heteroatoms. The predicted octanol–water partition coefficient (Wildman–Crippen LogP) is 0.990. The fraction of sp³-hybridized carbons (Fsp3) is 0.143. The second-order valence-electron chi connectivity index (χ2n) is 1.91. The van der Waals surface area contributed by atoms with Gasteiger partial charge >= 0.3 is 29.6 Å². The quantitative estimate of drug-likeness (QED) is 0.662. The van der Waals surface area contributed by atoms with Crippen LogP contribution in [0.15, 0.2) is 22.7 Å². The Morgan fingerprint density at radius 1 is 1.36 bits per heavy atom. The molecule has 11 heavy (non-hydrogen) atoms. The molecule has 0 unspecified atom stereocenters. The van der Waals surface area contributed by atoms with Crippen molar-refractivity contribution >= 4 is 45.5 Å². The summed E-state index contributed by atoms with van der Waals surface area (Å²) in [6, 6.07) is 5.56. The zero-order valence-corrected chi connectivity index (χ0v) is 7.14. The maximum absolute atomic E-state index is 9.16. The summed E-state index contributed by atoms with van der Waals surface area (Å²) in [4.78, 5) is 0. The number of halogens is 1. The molecule has 58 valence electrons. The van der Waals surface area contributed by atoms with Gasteiger partial charge in [0, 0.05) is 0 Å². The van der Waals surface area contributed by atoms with E-state index in [1.54, 1.807) is 0 Å². The topological polar surface area (TPSA) is 51.7 Å². The van der Waals surface area contributed by atoms with Crippen molar-refractivity contribution in [1.29, 1.82) is 0 Å². The molecule has 3 N–H and O–H groups in total. The third kappa shape index (κ3) is 3.58. The van der Waals surface area contributed by atoms with Crippen molar-refractivity contribution in [3.8, 4) is 5.75 Å². The van der Waals surface area contributed by atoms with Gasteiger partial charge in [0.1, 0.15) is 5.75 Å². The second-order valence-corrected chi connectivity index (χ2v) is 2.76. The number of rotatable bonds is 0. The van der Waals surface area contributed by atoms with Crippen LogP contribution >= 0.6 is 15.9 Å². The number of aromatic hydroxyl groups is 1. The summed E-state index contributed by atoms with van der Waals surface area (Å²) in [5.74, 6) is 0.331. The Morgan fingerprint density at radius 2 is 1.91 bits per heavy atom. The molecule has 0 spiro atoms. The molecule has 0 aliphatic heterocycles. The fourth-order valence-electron chi connectivity index (χ4n) is 0.623. The number of hydrogen-bond acceptors (Lipinski definition) is 1. The van der Waals surface area contributed by atoms with Gasteiger partial charge in [0.2, 0.25) is 0 Å². The van der Waals surface area contributed by atoms with Crippen molar-refractivity contribution in [2.45, 2.75) is 6.92 Å². The number of para-hydroxylation sites is 1. The molecule has 0 bridgehead atoms. The summed E-state index contributed by atoms with van der Waals surface area (Å²) in [5, 5.41) is 9.16. The van der Waals surface area contributed by atoms with E-state index in [-0.39, 0.29) is 35.0 Å². The van der Waals surface area contributed by atoms with Crippen molar-refractivity contribution in [3.05, 3.63) is 28.2 Å². The third-order valence-electron chi connectivity index (χ3n) is 1.19. The average Bonchev–Trinajstić information content (AvgIpc) is 1.83. The van der Waals surface area contributed by atoms with Gasteiger partial charge in [0.05, 0.1) is 4.47 Å². The van der Waals surface area contributed by atoms with Gasteiger partial charge in [0.25, 0.3) is 0 Å². The minimum absolute atomic E-state index is 0. The van der Waals surface area contributed by atoms with Crippen LogP contribution in [0.4, 0.5) is 0 Å².